The Labute approximate surface area is 116 Å². The number of carbonyl (C=O) groups is 2. The normalized spacial score (nSPS) is 19.3. The van der Waals surface area contributed by atoms with E-state index in [1.165, 1.54) is 4.90 Å². The van der Waals surface area contributed by atoms with Crippen LogP contribution in [0, 0.1) is 0 Å². The Morgan fingerprint density at radius 1 is 1.26 bits per heavy atom. The van der Waals surface area contributed by atoms with Crippen LogP contribution in [0.2, 0.25) is 0 Å². The highest BCUT2D eigenvalue weighted by Crippen LogP contribution is 2.34. The lowest BCUT2D eigenvalue weighted by Gasteiger charge is -2.37. The molecule has 1 aromatic rings. The van der Waals surface area contributed by atoms with Gasteiger partial charge in [0.15, 0.2) is 0 Å². The van der Waals surface area contributed by atoms with Crippen LogP contribution in [0.25, 0.3) is 0 Å². The first-order valence-corrected chi connectivity index (χ1v) is 7.84. The molecule has 4 nitrogen and oxygen atoms in total. The Hall–Kier alpha value is -1.33. The maximum atomic E-state index is 12.4. The minimum absolute atomic E-state index is 0.207. The molecule has 1 atom stereocenters. The molecule has 1 aliphatic heterocycles. The van der Waals surface area contributed by atoms with Crippen molar-refractivity contribution in [3.05, 3.63) is 35.4 Å². The lowest BCUT2D eigenvalue weighted by Crippen LogP contribution is -2.52. The Morgan fingerprint density at radius 2 is 1.89 bits per heavy atom. The monoisotopic (exact) mass is 279 g/mol. The summed E-state index contributed by atoms with van der Waals surface area (Å²) in [5.74, 6) is -0.192. The van der Waals surface area contributed by atoms with Gasteiger partial charge in [0.25, 0.3) is 5.91 Å². The Balaban J connectivity index is 2.41. The quantitative estimate of drug-likeness (QED) is 0.619. The number of fused-ring (bicyclic) bond motifs is 1. The van der Waals surface area contributed by atoms with Crippen LogP contribution >= 0.6 is 0 Å². The molecular formula is C14H17NO3S. The molecule has 0 N–H and O–H groups in total. The van der Waals surface area contributed by atoms with Gasteiger partial charge in [0.1, 0.15) is 5.75 Å². The van der Waals surface area contributed by atoms with Gasteiger partial charge in [-0.1, -0.05) is 29.4 Å². The van der Waals surface area contributed by atoms with Crippen molar-refractivity contribution < 1.29 is 14.1 Å². The number of hydrogen-bond donors (Lipinski definition) is 0. The molecule has 5 heteroatoms. The first kappa shape index (κ1) is 14.1. The smallest absolute Gasteiger partial charge is 0.260 e. The summed E-state index contributed by atoms with van der Waals surface area (Å²) in [5, 5.41) is 0. The lowest BCUT2D eigenvalue weighted by molar-refractivity contribution is -0.134. The summed E-state index contributed by atoms with van der Waals surface area (Å²) in [4.78, 5) is 26.0. The van der Waals surface area contributed by atoms with Crippen molar-refractivity contribution in [1.29, 1.82) is 0 Å². The minimum Gasteiger partial charge on any atom is -0.617 e. The zero-order valence-electron chi connectivity index (χ0n) is 11.3. The van der Waals surface area contributed by atoms with Gasteiger partial charge in [-0.15, -0.1) is 0 Å². The van der Waals surface area contributed by atoms with Gasteiger partial charge in [0.2, 0.25) is 5.91 Å². The molecule has 1 aliphatic rings. The lowest BCUT2D eigenvalue weighted by atomic mass is 9.77. The topological polar surface area (TPSA) is 60.4 Å². The molecule has 2 amide bonds. The second-order valence-electron chi connectivity index (χ2n) is 5.21. The summed E-state index contributed by atoms with van der Waals surface area (Å²) >= 11 is -1.03. The molecule has 0 radical (unpaired) electrons. The van der Waals surface area contributed by atoms with Crippen LogP contribution < -0.4 is 0 Å². The van der Waals surface area contributed by atoms with Crippen molar-refractivity contribution in [1.82, 2.24) is 4.90 Å². The molecule has 0 bridgehead atoms. The summed E-state index contributed by atoms with van der Waals surface area (Å²) < 4.78 is 11.2. The standard InChI is InChI=1S/C14H17NO3S/c1-14(2)11-7-5-4-6-10(11)12(16)15(13(14)17)8-9-19(3)18/h4-7H,8-9H2,1-3H3. The largest absolute Gasteiger partial charge is 0.617 e. The van der Waals surface area contributed by atoms with E-state index in [1.54, 1.807) is 18.4 Å². The average molecular weight is 279 g/mol. The van der Waals surface area contributed by atoms with E-state index in [-0.39, 0.29) is 18.4 Å². The second-order valence-corrected chi connectivity index (χ2v) is 6.76. The van der Waals surface area contributed by atoms with Crippen molar-refractivity contribution in [2.24, 2.45) is 0 Å². The predicted octanol–water partition coefficient (Wildman–Crippen LogP) is 1.33. The summed E-state index contributed by atoms with van der Waals surface area (Å²) in [7, 11) is 0. The third-order valence-corrected chi connectivity index (χ3v) is 4.22. The van der Waals surface area contributed by atoms with E-state index in [2.05, 4.69) is 0 Å². The van der Waals surface area contributed by atoms with Gasteiger partial charge < -0.3 is 4.55 Å². The summed E-state index contributed by atoms with van der Waals surface area (Å²) in [6.07, 6.45) is 1.57. The first-order chi connectivity index (χ1) is 8.85. The molecule has 1 aromatic carbocycles. The molecule has 0 saturated heterocycles. The molecule has 102 valence electrons. The molecule has 0 aliphatic carbocycles. The maximum absolute atomic E-state index is 12.4. The van der Waals surface area contributed by atoms with E-state index in [0.29, 0.717) is 11.3 Å². The summed E-state index contributed by atoms with van der Waals surface area (Å²) in [6.45, 7) is 3.84. The Morgan fingerprint density at radius 3 is 2.53 bits per heavy atom. The highest BCUT2D eigenvalue weighted by Gasteiger charge is 2.44. The van der Waals surface area contributed by atoms with Crippen LogP contribution in [0.15, 0.2) is 24.3 Å². The van der Waals surface area contributed by atoms with Crippen molar-refractivity contribution in [3.63, 3.8) is 0 Å². The molecule has 1 heterocycles. The number of hydrogen-bond acceptors (Lipinski definition) is 3. The minimum atomic E-state index is -1.03. The number of carbonyl (C=O) groups excluding carboxylic acids is 2. The fourth-order valence-electron chi connectivity index (χ4n) is 2.33. The second kappa shape index (κ2) is 4.98. The number of amides is 2. The van der Waals surface area contributed by atoms with Crippen LogP contribution in [0.1, 0.15) is 29.8 Å². The van der Waals surface area contributed by atoms with E-state index in [4.69, 9.17) is 0 Å². The van der Waals surface area contributed by atoms with Gasteiger partial charge in [0.05, 0.1) is 18.2 Å². The number of imide groups is 1. The third kappa shape index (κ3) is 2.40. The molecule has 1 unspecified atom stereocenters. The fraction of sp³-hybridized carbons (Fsp3) is 0.429. The van der Waals surface area contributed by atoms with Crippen LogP contribution in [0.3, 0.4) is 0 Å². The van der Waals surface area contributed by atoms with Crippen LogP contribution in [0.4, 0.5) is 0 Å². The molecule has 19 heavy (non-hydrogen) atoms. The van der Waals surface area contributed by atoms with Gasteiger partial charge in [-0.25, -0.2) is 0 Å². The first-order valence-electron chi connectivity index (χ1n) is 6.11. The van der Waals surface area contributed by atoms with Crippen LogP contribution in [-0.4, -0.2) is 39.8 Å². The van der Waals surface area contributed by atoms with E-state index in [0.717, 1.165) is 5.56 Å². The van der Waals surface area contributed by atoms with Gasteiger partial charge in [-0.2, -0.15) is 0 Å². The SMILES string of the molecule is C[S+]([O-])CCN1C(=O)c2ccccc2C(C)(C)C1=O. The number of benzene rings is 1. The third-order valence-electron chi connectivity index (χ3n) is 3.46. The van der Waals surface area contributed by atoms with Gasteiger partial charge in [0, 0.05) is 5.56 Å². The molecular weight excluding hydrogens is 262 g/mol. The zero-order valence-corrected chi connectivity index (χ0v) is 12.1. The number of nitrogens with zero attached hydrogens (tertiary/aromatic N) is 1. The van der Waals surface area contributed by atoms with E-state index < -0.39 is 16.6 Å². The van der Waals surface area contributed by atoms with E-state index in [9.17, 15) is 14.1 Å². The van der Waals surface area contributed by atoms with Gasteiger partial charge >= 0.3 is 0 Å². The zero-order chi connectivity index (χ0) is 14.2. The van der Waals surface area contributed by atoms with Gasteiger partial charge in [-0.05, 0) is 25.5 Å². The highest BCUT2D eigenvalue weighted by molar-refractivity contribution is 7.90. The van der Waals surface area contributed by atoms with Crippen molar-refractivity contribution in [3.8, 4) is 0 Å². The Bertz CT molecular complexity index is 525. The molecule has 0 fully saturated rings. The molecule has 2 rings (SSSR count). The van der Waals surface area contributed by atoms with Crippen molar-refractivity contribution in [2.75, 3.05) is 18.6 Å². The number of rotatable bonds is 3. The molecule has 0 spiro atoms. The van der Waals surface area contributed by atoms with Crippen molar-refractivity contribution in [2.45, 2.75) is 19.3 Å². The summed E-state index contributed by atoms with van der Waals surface area (Å²) in [5.41, 5.74) is 0.604. The average Bonchev–Trinajstić information content (AvgIpc) is 2.36. The Kier molecular flexibility index (Phi) is 3.69. The fourth-order valence-corrected chi connectivity index (χ4v) is 2.77. The van der Waals surface area contributed by atoms with Crippen LogP contribution in [-0.2, 0) is 21.4 Å². The van der Waals surface area contributed by atoms with E-state index in [1.807, 2.05) is 26.0 Å². The molecule has 0 aromatic heterocycles. The summed E-state index contributed by atoms with van der Waals surface area (Å²) in [6, 6.07) is 7.18. The van der Waals surface area contributed by atoms with Gasteiger partial charge in [-0.3, -0.25) is 14.5 Å². The van der Waals surface area contributed by atoms with E-state index >= 15 is 0 Å². The maximum Gasteiger partial charge on any atom is 0.260 e. The van der Waals surface area contributed by atoms with Crippen molar-refractivity contribution >= 4 is 23.0 Å². The predicted molar refractivity (Wildman–Crippen MR) is 74.4 cm³/mol. The highest BCUT2D eigenvalue weighted by atomic mass is 32.2. The van der Waals surface area contributed by atoms with Crippen LogP contribution in [0.5, 0.6) is 0 Å². The molecule has 0 saturated carbocycles.